The van der Waals surface area contributed by atoms with Crippen molar-refractivity contribution in [3.05, 3.63) is 22.7 Å². The Morgan fingerprint density at radius 1 is 1.35 bits per heavy atom. The number of nitrogens with two attached hydrogens (primary N) is 1. The quantitative estimate of drug-likeness (QED) is 0.841. The van der Waals surface area contributed by atoms with Crippen LogP contribution in [0.1, 0.15) is 32.6 Å². The summed E-state index contributed by atoms with van der Waals surface area (Å²) in [6, 6.07) is 5.01. The van der Waals surface area contributed by atoms with Gasteiger partial charge in [0.1, 0.15) is 4.90 Å². The molecule has 6 heteroatoms. The predicted octanol–water partition coefficient (Wildman–Crippen LogP) is 3.23. The van der Waals surface area contributed by atoms with Crippen molar-refractivity contribution < 1.29 is 8.42 Å². The molecule has 0 bridgehead atoms. The first kappa shape index (κ1) is 15.8. The normalized spacial score (nSPS) is 24.0. The van der Waals surface area contributed by atoms with Gasteiger partial charge in [0.05, 0.1) is 5.69 Å². The molecule has 1 aromatic rings. The van der Waals surface area contributed by atoms with Crippen LogP contribution < -0.4 is 5.73 Å². The van der Waals surface area contributed by atoms with Gasteiger partial charge in [0, 0.05) is 17.6 Å². The average Bonchev–Trinajstić information content (AvgIpc) is 2.40. The maximum absolute atomic E-state index is 12.7. The largest absolute Gasteiger partial charge is 0.398 e. The fourth-order valence-electron chi connectivity index (χ4n) is 2.82. The van der Waals surface area contributed by atoms with Crippen molar-refractivity contribution in [2.45, 2.75) is 43.5 Å². The summed E-state index contributed by atoms with van der Waals surface area (Å²) < 4.78 is 27.7. The molecule has 0 spiro atoms. The highest BCUT2D eigenvalue weighted by atomic mass is 79.9. The van der Waals surface area contributed by atoms with Crippen molar-refractivity contribution >= 4 is 31.6 Å². The van der Waals surface area contributed by atoms with Gasteiger partial charge in [-0.05, 0) is 37.0 Å². The Morgan fingerprint density at radius 2 is 2.05 bits per heavy atom. The SMILES string of the molecule is CC1CCCC(N(C)S(=O)(=O)c2cc(Br)ccc2N)C1. The molecule has 1 aromatic carbocycles. The van der Waals surface area contributed by atoms with Crippen LogP contribution in [-0.2, 0) is 10.0 Å². The summed E-state index contributed by atoms with van der Waals surface area (Å²) in [5.41, 5.74) is 6.14. The second kappa shape index (κ2) is 6.03. The average molecular weight is 361 g/mol. The van der Waals surface area contributed by atoms with Gasteiger partial charge in [-0.2, -0.15) is 4.31 Å². The molecule has 112 valence electrons. The third kappa shape index (κ3) is 3.18. The van der Waals surface area contributed by atoms with Gasteiger partial charge in [-0.25, -0.2) is 8.42 Å². The van der Waals surface area contributed by atoms with Crippen LogP contribution in [-0.4, -0.2) is 25.8 Å². The maximum atomic E-state index is 12.7. The monoisotopic (exact) mass is 360 g/mol. The Morgan fingerprint density at radius 3 is 2.70 bits per heavy atom. The van der Waals surface area contributed by atoms with Crippen molar-refractivity contribution in [2.75, 3.05) is 12.8 Å². The molecule has 0 amide bonds. The summed E-state index contributed by atoms with van der Waals surface area (Å²) >= 11 is 3.30. The van der Waals surface area contributed by atoms with E-state index in [2.05, 4.69) is 22.9 Å². The molecule has 2 unspecified atom stereocenters. The van der Waals surface area contributed by atoms with Crippen LogP contribution in [0.3, 0.4) is 0 Å². The first-order valence-electron chi connectivity index (χ1n) is 6.85. The number of benzene rings is 1. The van der Waals surface area contributed by atoms with Gasteiger partial charge < -0.3 is 5.73 Å². The molecular formula is C14H21BrN2O2S. The lowest BCUT2D eigenvalue weighted by Gasteiger charge is -2.33. The fraction of sp³-hybridized carbons (Fsp3) is 0.571. The first-order valence-corrected chi connectivity index (χ1v) is 9.08. The number of sulfonamides is 1. The molecule has 1 saturated carbocycles. The zero-order valence-corrected chi connectivity index (χ0v) is 14.2. The highest BCUT2D eigenvalue weighted by Crippen LogP contribution is 2.32. The number of hydrogen-bond donors (Lipinski definition) is 1. The van der Waals surface area contributed by atoms with Gasteiger partial charge in [-0.3, -0.25) is 0 Å². The summed E-state index contributed by atoms with van der Waals surface area (Å²) in [4.78, 5) is 0.188. The fourth-order valence-corrected chi connectivity index (χ4v) is 4.86. The van der Waals surface area contributed by atoms with Crippen molar-refractivity contribution in [1.29, 1.82) is 0 Å². The minimum atomic E-state index is -3.54. The van der Waals surface area contributed by atoms with Gasteiger partial charge in [0.15, 0.2) is 0 Å². The summed E-state index contributed by atoms with van der Waals surface area (Å²) in [7, 11) is -1.87. The molecule has 2 rings (SSSR count). The number of halogens is 1. The molecule has 0 heterocycles. The van der Waals surface area contributed by atoms with Crippen LogP contribution in [0.4, 0.5) is 5.69 Å². The van der Waals surface area contributed by atoms with E-state index in [0.29, 0.717) is 11.6 Å². The van der Waals surface area contributed by atoms with Gasteiger partial charge in [0.2, 0.25) is 10.0 Å². The zero-order chi connectivity index (χ0) is 14.9. The molecule has 1 aliphatic carbocycles. The van der Waals surface area contributed by atoms with E-state index in [1.165, 1.54) is 10.7 Å². The Hall–Kier alpha value is -0.590. The van der Waals surface area contributed by atoms with E-state index in [9.17, 15) is 8.42 Å². The van der Waals surface area contributed by atoms with E-state index in [-0.39, 0.29) is 10.9 Å². The van der Waals surface area contributed by atoms with E-state index < -0.39 is 10.0 Å². The lowest BCUT2D eigenvalue weighted by molar-refractivity contribution is 0.239. The Balaban J connectivity index is 2.31. The molecular weight excluding hydrogens is 340 g/mol. The van der Waals surface area contributed by atoms with Crippen LogP contribution in [0.25, 0.3) is 0 Å². The van der Waals surface area contributed by atoms with Crippen molar-refractivity contribution in [3.63, 3.8) is 0 Å². The Labute approximate surface area is 129 Å². The van der Waals surface area contributed by atoms with E-state index in [1.54, 1.807) is 25.2 Å². The van der Waals surface area contributed by atoms with E-state index in [4.69, 9.17) is 5.73 Å². The molecule has 1 aliphatic rings. The highest BCUT2D eigenvalue weighted by Gasteiger charge is 2.32. The summed E-state index contributed by atoms with van der Waals surface area (Å²) in [6.07, 6.45) is 4.11. The molecule has 0 aliphatic heterocycles. The number of hydrogen-bond acceptors (Lipinski definition) is 3. The maximum Gasteiger partial charge on any atom is 0.245 e. The number of nitrogens with zero attached hydrogens (tertiary/aromatic N) is 1. The van der Waals surface area contributed by atoms with E-state index in [0.717, 1.165) is 23.7 Å². The number of nitrogen functional groups attached to an aromatic ring is 1. The third-order valence-corrected chi connectivity index (χ3v) is 6.51. The Bertz CT molecular complexity index is 589. The Kier molecular flexibility index (Phi) is 4.76. The topological polar surface area (TPSA) is 63.4 Å². The molecule has 0 saturated heterocycles. The van der Waals surface area contributed by atoms with Gasteiger partial charge in [0.25, 0.3) is 0 Å². The lowest BCUT2D eigenvalue weighted by Crippen LogP contribution is -2.40. The minimum Gasteiger partial charge on any atom is -0.398 e. The van der Waals surface area contributed by atoms with Gasteiger partial charge in [-0.1, -0.05) is 35.7 Å². The van der Waals surface area contributed by atoms with Gasteiger partial charge in [-0.15, -0.1) is 0 Å². The van der Waals surface area contributed by atoms with Crippen LogP contribution in [0.15, 0.2) is 27.6 Å². The van der Waals surface area contributed by atoms with Crippen LogP contribution in [0, 0.1) is 5.92 Å². The summed E-state index contributed by atoms with van der Waals surface area (Å²) in [5.74, 6) is 0.575. The zero-order valence-electron chi connectivity index (χ0n) is 11.8. The van der Waals surface area contributed by atoms with E-state index >= 15 is 0 Å². The smallest absolute Gasteiger partial charge is 0.245 e. The summed E-state index contributed by atoms with van der Waals surface area (Å²) in [5, 5.41) is 0. The molecule has 0 radical (unpaired) electrons. The minimum absolute atomic E-state index is 0.0714. The molecule has 20 heavy (non-hydrogen) atoms. The van der Waals surface area contributed by atoms with E-state index in [1.807, 2.05) is 0 Å². The first-order chi connectivity index (χ1) is 9.32. The lowest BCUT2D eigenvalue weighted by atomic mass is 9.87. The second-order valence-electron chi connectivity index (χ2n) is 5.63. The molecule has 2 N–H and O–H groups in total. The molecule has 0 aromatic heterocycles. The predicted molar refractivity (Wildman–Crippen MR) is 84.9 cm³/mol. The number of anilines is 1. The summed E-state index contributed by atoms with van der Waals surface area (Å²) in [6.45, 7) is 2.18. The second-order valence-corrected chi connectivity index (χ2v) is 8.51. The standard InChI is InChI=1S/C14H21BrN2O2S/c1-10-4-3-5-12(8-10)17(2)20(18,19)14-9-11(15)6-7-13(14)16/h6-7,9-10,12H,3-5,8,16H2,1-2H3. The highest BCUT2D eigenvalue weighted by molar-refractivity contribution is 9.10. The van der Waals surface area contributed by atoms with Crippen LogP contribution in [0.5, 0.6) is 0 Å². The molecule has 2 atom stereocenters. The molecule has 1 fully saturated rings. The van der Waals surface area contributed by atoms with Crippen molar-refractivity contribution in [1.82, 2.24) is 4.31 Å². The molecule has 4 nitrogen and oxygen atoms in total. The van der Waals surface area contributed by atoms with Crippen molar-refractivity contribution in [2.24, 2.45) is 5.92 Å². The third-order valence-electron chi connectivity index (χ3n) is 4.06. The number of rotatable bonds is 3. The van der Waals surface area contributed by atoms with Crippen LogP contribution >= 0.6 is 15.9 Å². The van der Waals surface area contributed by atoms with Crippen LogP contribution in [0.2, 0.25) is 0 Å². The van der Waals surface area contributed by atoms with Gasteiger partial charge >= 0.3 is 0 Å². The van der Waals surface area contributed by atoms with Crippen molar-refractivity contribution in [3.8, 4) is 0 Å².